The van der Waals surface area contributed by atoms with Crippen molar-refractivity contribution < 1.29 is 14.3 Å². The van der Waals surface area contributed by atoms with Crippen molar-refractivity contribution in [2.24, 2.45) is 5.92 Å². The van der Waals surface area contributed by atoms with Crippen LogP contribution in [0.25, 0.3) is 0 Å². The highest BCUT2D eigenvalue weighted by atomic mass is 16.5. The third-order valence-corrected chi connectivity index (χ3v) is 5.29. The normalized spacial score (nSPS) is 27.8. The van der Waals surface area contributed by atoms with Gasteiger partial charge in [0.15, 0.2) is 0 Å². The quantitative estimate of drug-likeness (QED) is 0.850. The summed E-state index contributed by atoms with van der Waals surface area (Å²) in [5.41, 5.74) is 0.732. The second kappa shape index (κ2) is 6.89. The lowest BCUT2D eigenvalue weighted by Crippen LogP contribution is -2.53. The summed E-state index contributed by atoms with van der Waals surface area (Å²) in [4.78, 5) is 17.4. The average Bonchev–Trinajstić information content (AvgIpc) is 3.04. The van der Waals surface area contributed by atoms with Crippen LogP contribution in [-0.2, 0) is 4.74 Å². The Bertz CT molecular complexity index is 546. The monoisotopic (exact) mass is 318 g/mol. The molecule has 2 aliphatic rings. The van der Waals surface area contributed by atoms with Crippen molar-refractivity contribution in [2.45, 2.75) is 25.5 Å². The number of piperidine rings is 1. The van der Waals surface area contributed by atoms with Gasteiger partial charge in [0.1, 0.15) is 5.75 Å². The fourth-order valence-corrected chi connectivity index (χ4v) is 3.94. The number of likely N-dealkylation sites (tertiary alicyclic amines) is 2. The molecule has 23 heavy (non-hydrogen) atoms. The Kier molecular flexibility index (Phi) is 4.87. The van der Waals surface area contributed by atoms with Gasteiger partial charge in [0.25, 0.3) is 5.91 Å². The Morgan fingerprint density at radius 3 is 2.57 bits per heavy atom. The molecule has 0 spiro atoms. The zero-order chi connectivity index (χ0) is 16.4. The van der Waals surface area contributed by atoms with Gasteiger partial charge in [-0.3, -0.25) is 4.79 Å². The van der Waals surface area contributed by atoms with Gasteiger partial charge < -0.3 is 19.3 Å². The van der Waals surface area contributed by atoms with Crippen LogP contribution in [0.3, 0.4) is 0 Å². The van der Waals surface area contributed by atoms with E-state index in [0.717, 1.165) is 43.9 Å². The molecule has 0 saturated carbocycles. The van der Waals surface area contributed by atoms with E-state index in [4.69, 9.17) is 9.47 Å². The first-order chi connectivity index (χ1) is 11.2. The molecule has 1 aromatic carbocycles. The number of nitrogens with zero attached hydrogens (tertiary/aromatic N) is 2. The summed E-state index contributed by atoms with van der Waals surface area (Å²) in [7, 11) is 3.42. The van der Waals surface area contributed by atoms with Crippen LogP contribution in [0.1, 0.15) is 23.7 Å². The number of hydrogen-bond acceptors (Lipinski definition) is 4. The van der Waals surface area contributed by atoms with E-state index in [9.17, 15) is 4.79 Å². The van der Waals surface area contributed by atoms with Crippen molar-refractivity contribution >= 4 is 5.91 Å². The molecule has 3 rings (SSSR count). The van der Waals surface area contributed by atoms with Crippen LogP contribution >= 0.6 is 0 Å². The van der Waals surface area contributed by atoms with Crippen molar-refractivity contribution in [3.8, 4) is 5.75 Å². The number of carbonyl (C=O) groups is 1. The van der Waals surface area contributed by atoms with Crippen LogP contribution in [0.4, 0.5) is 0 Å². The van der Waals surface area contributed by atoms with Gasteiger partial charge in [0.2, 0.25) is 0 Å². The Balaban J connectivity index is 1.79. The molecule has 3 atom stereocenters. The summed E-state index contributed by atoms with van der Waals surface area (Å²) >= 11 is 0. The molecule has 2 fully saturated rings. The molecule has 0 N–H and O–H groups in total. The molecule has 0 aliphatic carbocycles. The van der Waals surface area contributed by atoms with Crippen LogP contribution in [0.15, 0.2) is 24.3 Å². The van der Waals surface area contributed by atoms with Gasteiger partial charge in [-0.05, 0) is 37.2 Å². The maximum absolute atomic E-state index is 13.0. The minimum absolute atomic E-state index is 0.121. The molecule has 2 saturated heterocycles. The Hall–Kier alpha value is -1.59. The maximum Gasteiger partial charge on any atom is 0.254 e. The molecule has 0 bridgehead atoms. The summed E-state index contributed by atoms with van der Waals surface area (Å²) in [6.45, 7) is 5.93. The van der Waals surface area contributed by atoms with E-state index in [0.29, 0.717) is 5.92 Å². The van der Waals surface area contributed by atoms with Gasteiger partial charge in [-0.15, -0.1) is 0 Å². The number of methoxy groups -OCH3 is 2. The van der Waals surface area contributed by atoms with Crippen molar-refractivity contribution in [3.05, 3.63) is 29.8 Å². The fourth-order valence-electron chi connectivity index (χ4n) is 3.94. The van der Waals surface area contributed by atoms with E-state index < -0.39 is 0 Å². The predicted molar refractivity (Wildman–Crippen MR) is 88.8 cm³/mol. The molecule has 5 nitrogen and oxygen atoms in total. The number of hydrogen-bond donors (Lipinski definition) is 0. The largest absolute Gasteiger partial charge is 0.497 e. The van der Waals surface area contributed by atoms with Gasteiger partial charge >= 0.3 is 0 Å². The van der Waals surface area contributed by atoms with E-state index in [1.54, 1.807) is 14.2 Å². The summed E-state index contributed by atoms with van der Waals surface area (Å²) in [5.74, 6) is 1.31. The van der Waals surface area contributed by atoms with Gasteiger partial charge in [-0.2, -0.15) is 0 Å². The number of benzene rings is 1. The molecule has 126 valence electrons. The highest BCUT2D eigenvalue weighted by Gasteiger charge is 2.45. The Morgan fingerprint density at radius 1 is 1.22 bits per heavy atom. The molecule has 2 heterocycles. The smallest absolute Gasteiger partial charge is 0.254 e. The van der Waals surface area contributed by atoms with Crippen molar-refractivity contribution in [1.82, 2.24) is 9.80 Å². The average molecular weight is 318 g/mol. The van der Waals surface area contributed by atoms with Crippen LogP contribution in [0, 0.1) is 5.92 Å². The number of ether oxygens (including phenoxy) is 2. The lowest BCUT2D eigenvalue weighted by molar-refractivity contribution is -0.0156. The number of fused-ring (bicyclic) bond motifs is 1. The second-order valence-corrected chi connectivity index (χ2v) is 6.37. The SMILES string of the molecule is CCN1C[C@@H]2[C@@H](OC)CCN(C(=O)c3ccc(OC)cc3)[C@@H]2C1. The van der Waals surface area contributed by atoms with Gasteiger partial charge in [-0.1, -0.05) is 6.92 Å². The molecular formula is C18H26N2O3. The number of amides is 1. The van der Waals surface area contributed by atoms with Crippen LogP contribution < -0.4 is 4.74 Å². The third kappa shape index (κ3) is 3.08. The van der Waals surface area contributed by atoms with E-state index in [2.05, 4.69) is 16.7 Å². The van der Waals surface area contributed by atoms with Crippen LogP contribution in [-0.4, -0.2) is 68.3 Å². The standard InChI is InChI=1S/C18H26N2O3/c1-4-19-11-15-16(12-19)20(10-9-17(15)23-3)18(21)13-5-7-14(22-2)8-6-13/h5-8,15-17H,4,9-12H2,1-3H3/t15-,16+,17-/m0/s1. The molecule has 0 aromatic heterocycles. The minimum atomic E-state index is 0.121. The summed E-state index contributed by atoms with van der Waals surface area (Å²) < 4.78 is 10.9. The highest BCUT2D eigenvalue weighted by Crippen LogP contribution is 2.33. The van der Waals surface area contributed by atoms with Crippen molar-refractivity contribution in [1.29, 1.82) is 0 Å². The zero-order valence-corrected chi connectivity index (χ0v) is 14.2. The predicted octanol–water partition coefficient (Wildman–Crippen LogP) is 1.88. The lowest BCUT2D eigenvalue weighted by Gasteiger charge is -2.41. The van der Waals surface area contributed by atoms with E-state index in [1.165, 1.54) is 0 Å². The summed E-state index contributed by atoms with van der Waals surface area (Å²) in [6.07, 6.45) is 1.17. The third-order valence-electron chi connectivity index (χ3n) is 5.29. The first-order valence-corrected chi connectivity index (χ1v) is 8.38. The molecule has 2 aliphatic heterocycles. The molecule has 0 unspecified atom stereocenters. The second-order valence-electron chi connectivity index (χ2n) is 6.37. The zero-order valence-electron chi connectivity index (χ0n) is 14.2. The van der Waals surface area contributed by atoms with Gasteiger partial charge in [0.05, 0.1) is 19.3 Å². The highest BCUT2D eigenvalue weighted by molar-refractivity contribution is 5.94. The number of likely N-dealkylation sites (N-methyl/N-ethyl adjacent to an activating group) is 1. The van der Waals surface area contributed by atoms with Gasteiger partial charge in [0, 0.05) is 38.2 Å². The van der Waals surface area contributed by atoms with Crippen molar-refractivity contribution in [3.63, 3.8) is 0 Å². The van der Waals surface area contributed by atoms with E-state index in [1.807, 2.05) is 24.3 Å². The fraction of sp³-hybridized carbons (Fsp3) is 0.611. The van der Waals surface area contributed by atoms with Crippen molar-refractivity contribution in [2.75, 3.05) is 40.4 Å². The molecule has 1 amide bonds. The van der Waals surface area contributed by atoms with Crippen LogP contribution in [0.2, 0.25) is 0 Å². The maximum atomic E-state index is 13.0. The molecular weight excluding hydrogens is 292 g/mol. The molecule has 0 radical (unpaired) electrons. The first-order valence-electron chi connectivity index (χ1n) is 8.38. The first kappa shape index (κ1) is 16.3. The lowest BCUT2D eigenvalue weighted by atomic mass is 9.88. The summed E-state index contributed by atoms with van der Waals surface area (Å²) in [6, 6.07) is 7.65. The minimum Gasteiger partial charge on any atom is -0.497 e. The Labute approximate surface area is 138 Å². The van der Waals surface area contributed by atoms with E-state index in [-0.39, 0.29) is 18.1 Å². The number of rotatable bonds is 4. The van der Waals surface area contributed by atoms with Crippen LogP contribution in [0.5, 0.6) is 5.75 Å². The molecule has 5 heteroatoms. The summed E-state index contributed by atoms with van der Waals surface area (Å²) in [5, 5.41) is 0. The topological polar surface area (TPSA) is 42.0 Å². The molecule has 1 aromatic rings. The van der Waals surface area contributed by atoms with Gasteiger partial charge in [-0.25, -0.2) is 0 Å². The Morgan fingerprint density at radius 2 is 1.96 bits per heavy atom. The number of carbonyl (C=O) groups excluding carboxylic acids is 1. The van der Waals surface area contributed by atoms with E-state index >= 15 is 0 Å².